The number of amides is 1. The number of phenolic OH excluding ortho intramolecular Hbond substituents is 1. The summed E-state index contributed by atoms with van der Waals surface area (Å²) in [7, 11) is 0. The first-order valence-electron chi connectivity index (χ1n) is 5.36. The van der Waals surface area contributed by atoms with Crippen molar-refractivity contribution in [3.63, 3.8) is 0 Å². The lowest BCUT2D eigenvalue weighted by molar-refractivity contribution is 0.0946. The van der Waals surface area contributed by atoms with Gasteiger partial charge in [-0.1, -0.05) is 6.07 Å². The quantitative estimate of drug-likeness (QED) is 0.606. The van der Waals surface area contributed by atoms with Crippen molar-refractivity contribution >= 4 is 5.91 Å². The first kappa shape index (κ1) is 13.0. The van der Waals surface area contributed by atoms with Gasteiger partial charge in [-0.15, -0.1) is 12.3 Å². The SMILES string of the molecule is C#CCCCCNC(=O)c1c(O)cccc1F. The predicted octanol–water partition coefficient (Wildman–Crippen LogP) is 2.06. The first-order valence-corrected chi connectivity index (χ1v) is 5.36. The molecule has 0 radical (unpaired) electrons. The molecule has 0 aliphatic carbocycles. The summed E-state index contributed by atoms with van der Waals surface area (Å²) >= 11 is 0. The van der Waals surface area contributed by atoms with Crippen LogP contribution < -0.4 is 5.32 Å². The van der Waals surface area contributed by atoms with E-state index in [0.29, 0.717) is 13.0 Å². The van der Waals surface area contributed by atoms with Crippen molar-refractivity contribution in [1.29, 1.82) is 0 Å². The van der Waals surface area contributed by atoms with Gasteiger partial charge in [0, 0.05) is 13.0 Å². The van der Waals surface area contributed by atoms with Gasteiger partial charge in [0.15, 0.2) is 0 Å². The minimum absolute atomic E-state index is 0.315. The fourth-order valence-corrected chi connectivity index (χ4v) is 1.38. The zero-order valence-corrected chi connectivity index (χ0v) is 9.37. The van der Waals surface area contributed by atoms with E-state index >= 15 is 0 Å². The molecular weight excluding hydrogens is 221 g/mol. The highest BCUT2D eigenvalue weighted by molar-refractivity contribution is 5.97. The van der Waals surface area contributed by atoms with Crippen LogP contribution in [0, 0.1) is 18.2 Å². The topological polar surface area (TPSA) is 49.3 Å². The van der Waals surface area contributed by atoms with Crippen LogP contribution in [0.3, 0.4) is 0 Å². The van der Waals surface area contributed by atoms with Crippen molar-refractivity contribution in [3.05, 3.63) is 29.6 Å². The number of benzene rings is 1. The van der Waals surface area contributed by atoms with E-state index in [-0.39, 0.29) is 11.3 Å². The molecule has 0 saturated heterocycles. The summed E-state index contributed by atoms with van der Waals surface area (Å²) in [4.78, 5) is 11.6. The molecule has 3 nitrogen and oxygen atoms in total. The van der Waals surface area contributed by atoms with Gasteiger partial charge in [0.1, 0.15) is 17.1 Å². The number of hydrogen-bond acceptors (Lipinski definition) is 2. The van der Waals surface area contributed by atoms with E-state index in [4.69, 9.17) is 6.42 Å². The summed E-state index contributed by atoms with van der Waals surface area (Å²) in [6.45, 7) is 0.411. The van der Waals surface area contributed by atoms with Crippen LogP contribution in [0.1, 0.15) is 29.6 Å². The molecule has 0 saturated carbocycles. The smallest absolute Gasteiger partial charge is 0.258 e. The second-order valence-corrected chi connectivity index (χ2v) is 3.55. The lowest BCUT2D eigenvalue weighted by atomic mass is 10.1. The Morgan fingerprint density at radius 2 is 2.24 bits per heavy atom. The number of nitrogens with one attached hydrogen (secondary N) is 1. The summed E-state index contributed by atoms with van der Waals surface area (Å²) in [5.41, 5.74) is -0.315. The summed E-state index contributed by atoms with van der Waals surface area (Å²) in [5.74, 6) is 0.797. The molecule has 90 valence electrons. The zero-order chi connectivity index (χ0) is 12.7. The van der Waals surface area contributed by atoms with Crippen LogP contribution in [-0.2, 0) is 0 Å². The van der Waals surface area contributed by atoms with Crippen LogP contribution in [0.4, 0.5) is 4.39 Å². The highest BCUT2D eigenvalue weighted by atomic mass is 19.1. The van der Waals surface area contributed by atoms with E-state index in [1.165, 1.54) is 12.1 Å². The van der Waals surface area contributed by atoms with Crippen LogP contribution in [-0.4, -0.2) is 17.6 Å². The third-order valence-electron chi connectivity index (χ3n) is 2.25. The van der Waals surface area contributed by atoms with Gasteiger partial charge in [-0.3, -0.25) is 4.79 Å². The van der Waals surface area contributed by atoms with Gasteiger partial charge in [-0.2, -0.15) is 0 Å². The molecule has 1 rings (SSSR count). The van der Waals surface area contributed by atoms with Gasteiger partial charge in [0.25, 0.3) is 5.91 Å². The second-order valence-electron chi connectivity index (χ2n) is 3.55. The van der Waals surface area contributed by atoms with Crippen molar-refractivity contribution in [2.24, 2.45) is 0 Å². The number of terminal acetylenes is 1. The van der Waals surface area contributed by atoms with Crippen LogP contribution >= 0.6 is 0 Å². The average molecular weight is 235 g/mol. The van der Waals surface area contributed by atoms with Gasteiger partial charge in [-0.05, 0) is 25.0 Å². The number of phenols is 1. The lowest BCUT2D eigenvalue weighted by Gasteiger charge is -2.07. The van der Waals surface area contributed by atoms with Gasteiger partial charge < -0.3 is 10.4 Å². The molecule has 0 spiro atoms. The monoisotopic (exact) mass is 235 g/mol. The largest absolute Gasteiger partial charge is 0.507 e. The number of rotatable bonds is 5. The van der Waals surface area contributed by atoms with Gasteiger partial charge in [0.2, 0.25) is 0 Å². The Kier molecular flexibility index (Phi) is 5.02. The maximum Gasteiger partial charge on any atom is 0.258 e. The Balaban J connectivity index is 2.51. The molecule has 0 aromatic heterocycles. The minimum Gasteiger partial charge on any atom is -0.507 e. The molecule has 17 heavy (non-hydrogen) atoms. The Morgan fingerprint density at radius 1 is 1.47 bits per heavy atom. The third-order valence-corrected chi connectivity index (χ3v) is 2.25. The number of halogens is 1. The van der Waals surface area contributed by atoms with Crippen molar-refractivity contribution < 1.29 is 14.3 Å². The number of carbonyl (C=O) groups excluding carboxylic acids is 1. The van der Waals surface area contributed by atoms with Gasteiger partial charge >= 0.3 is 0 Å². The maximum atomic E-state index is 13.3. The molecular formula is C13H14FNO2. The average Bonchev–Trinajstić information content (AvgIpc) is 2.28. The third kappa shape index (κ3) is 3.80. The van der Waals surface area contributed by atoms with Crippen molar-refractivity contribution in [3.8, 4) is 18.1 Å². The molecule has 1 aromatic rings. The molecule has 0 unspecified atom stereocenters. The van der Waals surface area contributed by atoms with Gasteiger partial charge in [-0.25, -0.2) is 4.39 Å². The molecule has 1 amide bonds. The van der Waals surface area contributed by atoms with Crippen LogP contribution in [0.2, 0.25) is 0 Å². The van der Waals surface area contributed by atoms with Crippen LogP contribution in [0.15, 0.2) is 18.2 Å². The summed E-state index contributed by atoms with van der Waals surface area (Å²) < 4.78 is 13.3. The Labute approximate surface area is 99.7 Å². The molecule has 2 N–H and O–H groups in total. The van der Waals surface area contributed by atoms with Crippen molar-refractivity contribution in [2.45, 2.75) is 19.3 Å². The zero-order valence-electron chi connectivity index (χ0n) is 9.37. The predicted molar refractivity (Wildman–Crippen MR) is 63.1 cm³/mol. The summed E-state index contributed by atoms with van der Waals surface area (Å²) in [6, 6.07) is 3.75. The van der Waals surface area contributed by atoms with E-state index < -0.39 is 11.7 Å². The number of hydrogen-bond donors (Lipinski definition) is 2. The fourth-order valence-electron chi connectivity index (χ4n) is 1.38. The van der Waals surface area contributed by atoms with E-state index in [1.54, 1.807) is 0 Å². The van der Waals surface area contributed by atoms with E-state index in [9.17, 15) is 14.3 Å². The first-order chi connectivity index (χ1) is 8.16. The second kappa shape index (κ2) is 6.54. The molecule has 0 atom stereocenters. The fraction of sp³-hybridized carbons (Fsp3) is 0.308. The molecule has 4 heteroatoms. The highest BCUT2D eigenvalue weighted by Crippen LogP contribution is 2.19. The van der Waals surface area contributed by atoms with Crippen molar-refractivity contribution in [1.82, 2.24) is 5.32 Å². The maximum absolute atomic E-state index is 13.3. The molecule has 0 bridgehead atoms. The normalized spacial score (nSPS) is 9.65. The van der Waals surface area contributed by atoms with E-state index in [0.717, 1.165) is 18.9 Å². The molecule has 0 aliphatic heterocycles. The molecule has 0 fully saturated rings. The van der Waals surface area contributed by atoms with Crippen LogP contribution in [0.5, 0.6) is 5.75 Å². The highest BCUT2D eigenvalue weighted by Gasteiger charge is 2.15. The van der Waals surface area contributed by atoms with E-state index in [2.05, 4.69) is 11.2 Å². The summed E-state index contributed by atoms with van der Waals surface area (Å²) in [6.07, 6.45) is 7.27. The van der Waals surface area contributed by atoms with Crippen LogP contribution in [0.25, 0.3) is 0 Å². The molecule has 0 aliphatic rings. The van der Waals surface area contributed by atoms with E-state index in [1.807, 2.05) is 0 Å². The number of unbranched alkanes of at least 4 members (excludes halogenated alkanes) is 2. The number of aromatic hydroxyl groups is 1. The Hall–Kier alpha value is -2.02. The Morgan fingerprint density at radius 3 is 2.88 bits per heavy atom. The molecule has 0 heterocycles. The van der Waals surface area contributed by atoms with Gasteiger partial charge in [0.05, 0.1) is 0 Å². The van der Waals surface area contributed by atoms with Crippen molar-refractivity contribution in [2.75, 3.05) is 6.54 Å². The lowest BCUT2D eigenvalue weighted by Crippen LogP contribution is -2.25. The summed E-state index contributed by atoms with van der Waals surface area (Å²) in [5, 5.41) is 11.9. The standard InChI is InChI=1S/C13H14FNO2/c1-2-3-4-5-9-15-13(17)12-10(14)7-6-8-11(12)16/h1,6-8,16H,3-5,9H2,(H,15,17). The number of carbonyl (C=O) groups is 1. The Bertz CT molecular complexity index is 417. The molecule has 1 aromatic carbocycles. The minimum atomic E-state index is -0.730.